The fourth-order valence-electron chi connectivity index (χ4n) is 2.04. The number of carbonyl (C=O) groups excluding carboxylic acids is 1. The van der Waals surface area contributed by atoms with Crippen molar-refractivity contribution in [3.05, 3.63) is 22.4 Å². The summed E-state index contributed by atoms with van der Waals surface area (Å²) in [6.07, 6.45) is 3.51. The number of thiophene rings is 1. The minimum Gasteiger partial charge on any atom is -0.392 e. The van der Waals surface area contributed by atoms with Gasteiger partial charge in [-0.2, -0.15) is 0 Å². The first-order valence-corrected chi connectivity index (χ1v) is 7.04. The van der Waals surface area contributed by atoms with Crippen LogP contribution in [0.2, 0.25) is 0 Å². The molecule has 0 unspecified atom stereocenters. The van der Waals surface area contributed by atoms with E-state index in [1.165, 1.54) is 4.88 Å². The highest BCUT2D eigenvalue weighted by atomic mass is 32.1. The molecule has 0 saturated heterocycles. The number of nitrogens with one attached hydrogen (secondary N) is 1. The Bertz CT molecular complexity index is 410. The van der Waals surface area contributed by atoms with Gasteiger partial charge >= 0.3 is 0 Å². The SMILES string of the molecule is NC(=S)C1(C(=O)NCCc2cccs2)CCC1. The van der Waals surface area contributed by atoms with E-state index in [-0.39, 0.29) is 5.91 Å². The van der Waals surface area contributed by atoms with Gasteiger partial charge < -0.3 is 11.1 Å². The van der Waals surface area contributed by atoms with Gasteiger partial charge in [-0.05, 0) is 30.7 Å². The van der Waals surface area contributed by atoms with Gasteiger partial charge in [-0.25, -0.2) is 0 Å². The molecule has 0 aromatic carbocycles. The maximum absolute atomic E-state index is 12.0. The van der Waals surface area contributed by atoms with Crippen molar-refractivity contribution < 1.29 is 4.79 Å². The monoisotopic (exact) mass is 268 g/mol. The Morgan fingerprint density at radius 1 is 1.59 bits per heavy atom. The second-order valence-electron chi connectivity index (χ2n) is 4.39. The minimum absolute atomic E-state index is 0.00723. The number of hydrogen-bond acceptors (Lipinski definition) is 3. The maximum atomic E-state index is 12.0. The molecule has 5 heteroatoms. The maximum Gasteiger partial charge on any atom is 0.233 e. The molecule has 0 bridgehead atoms. The molecular formula is C12H16N2OS2. The summed E-state index contributed by atoms with van der Waals surface area (Å²) in [5, 5.41) is 4.99. The summed E-state index contributed by atoms with van der Waals surface area (Å²) in [6, 6.07) is 4.09. The van der Waals surface area contributed by atoms with Gasteiger partial charge in [-0.3, -0.25) is 4.79 Å². The third-order valence-electron chi connectivity index (χ3n) is 3.35. The van der Waals surface area contributed by atoms with Crippen molar-refractivity contribution in [3.63, 3.8) is 0 Å². The van der Waals surface area contributed by atoms with Crippen molar-refractivity contribution in [3.8, 4) is 0 Å². The largest absolute Gasteiger partial charge is 0.392 e. The van der Waals surface area contributed by atoms with Crippen LogP contribution in [0, 0.1) is 5.41 Å². The Kier molecular flexibility index (Phi) is 3.79. The Hall–Kier alpha value is -0.940. The lowest BCUT2D eigenvalue weighted by Crippen LogP contribution is -2.53. The molecule has 1 fully saturated rings. The highest BCUT2D eigenvalue weighted by molar-refractivity contribution is 7.80. The highest BCUT2D eigenvalue weighted by Crippen LogP contribution is 2.41. The molecule has 3 N–H and O–H groups in total. The molecule has 17 heavy (non-hydrogen) atoms. The third-order valence-corrected chi connectivity index (χ3v) is 4.68. The van der Waals surface area contributed by atoms with Gasteiger partial charge in [0.05, 0.1) is 10.4 Å². The summed E-state index contributed by atoms with van der Waals surface area (Å²) < 4.78 is 0. The normalized spacial score (nSPS) is 17.2. The first-order valence-electron chi connectivity index (χ1n) is 5.76. The van der Waals surface area contributed by atoms with E-state index in [0.29, 0.717) is 11.5 Å². The number of hydrogen-bond donors (Lipinski definition) is 2. The van der Waals surface area contributed by atoms with Crippen LogP contribution in [0.5, 0.6) is 0 Å². The number of amides is 1. The van der Waals surface area contributed by atoms with Crippen LogP contribution in [0.3, 0.4) is 0 Å². The van der Waals surface area contributed by atoms with Crippen LogP contribution in [-0.2, 0) is 11.2 Å². The van der Waals surface area contributed by atoms with Crippen LogP contribution >= 0.6 is 23.6 Å². The summed E-state index contributed by atoms with van der Waals surface area (Å²) in [7, 11) is 0. The van der Waals surface area contributed by atoms with E-state index in [1.807, 2.05) is 11.4 Å². The Balaban J connectivity index is 1.83. The van der Waals surface area contributed by atoms with Gasteiger partial charge in [0.25, 0.3) is 0 Å². The third kappa shape index (κ3) is 2.50. The lowest BCUT2D eigenvalue weighted by molar-refractivity contribution is -0.130. The number of nitrogens with two attached hydrogens (primary N) is 1. The molecule has 0 spiro atoms. The van der Waals surface area contributed by atoms with Gasteiger partial charge in [0.1, 0.15) is 0 Å². The molecule has 1 aromatic rings. The summed E-state index contributed by atoms with van der Waals surface area (Å²) in [5.74, 6) is 0.00723. The molecule has 92 valence electrons. The molecule has 1 saturated carbocycles. The van der Waals surface area contributed by atoms with E-state index in [0.717, 1.165) is 25.7 Å². The Morgan fingerprint density at radius 2 is 2.35 bits per heavy atom. The van der Waals surface area contributed by atoms with E-state index < -0.39 is 5.41 Å². The second-order valence-corrected chi connectivity index (χ2v) is 5.86. The zero-order valence-electron chi connectivity index (χ0n) is 9.57. The highest BCUT2D eigenvalue weighted by Gasteiger charge is 2.46. The summed E-state index contributed by atoms with van der Waals surface area (Å²) in [4.78, 5) is 13.7. The van der Waals surface area contributed by atoms with Crippen molar-refractivity contribution in [2.45, 2.75) is 25.7 Å². The van der Waals surface area contributed by atoms with Crippen LogP contribution in [0.15, 0.2) is 17.5 Å². The molecule has 0 radical (unpaired) electrons. The zero-order chi connectivity index (χ0) is 12.3. The first kappa shape index (κ1) is 12.5. The van der Waals surface area contributed by atoms with E-state index in [1.54, 1.807) is 11.3 Å². The molecule has 1 amide bonds. The van der Waals surface area contributed by atoms with Gasteiger partial charge in [0.15, 0.2) is 0 Å². The van der Waals surface area contributed by atoms with Crippen molar-refractivity contribution in [2.75, 3.05) is 6.54 Å². The summed E-state index contributed by atoms with van der Waals surface area (Å²) in [6.45, 7) is 0.656. The smallest absolute Gasteiger partial charge is 0.233 e. The lowest BCUT2D eigenvalue weighted by Gasteiger charge is -2.39. The van der Waals surface area contributed by atoms with Crippen LogP contribution < -0.4 is 11.1 Å². The predicted molar refractivity (Wildman–Crippen MR) is 74.1 cm³/mol. The lowest BCUT2D eigenvalue weighted by atomic mass is 9.68. The quantitative estimate of drug-likeness (QED) is 0.802. The average Bonchev–Trinajstić information content (AvgIpc) is 2.67. The van der Waals surface area contributed by atoms with Gasteiger partial charge in [-0.15, -0.1) is 11.3 Å². The Labute approximate surface area is 110 Å². The molecule has 2 rings (SSSR count). The predicted octanol–water partition coefficient (Wildman–Crippen LogP) is 1.86. The minimum atomic E-state index is -0.551. The molecule has 1 aliphatic carbocycles. The molecule has 0 aliphatic heterocycles. The molecular weight excluding hydrogens is 252 g/mol. The van der Waals surface area contributed by atoms with Crippen molar-refractivity contribution >= 4 is 34.5 Å². The topological polar surface area (TPSA) is 55.1 Å². The van der Waals surface area contributed by atoms with Crippen LogP contribution in [0.4, 0.5) is 0 Å². The molecule has 0 atom stereocenters. The first-order chi connectivity index (χ1) is 8.15. The molecule has 1 aromatic heterocycles. The number of carbonyl (C=O) groups is 1. The van der Waals surface area contributed by atoms with E-state index in [2.05, 4.69) is 11.4 Å². The fourth-order valence-corrected chi connectivity index (χ4v) is 3.04. The standard InChI is InChI=1S/C12H16N2OS2/c13-10(16)12(5-2-6-12)11(15)14-7-4-9-3-1-8-17-9/h1,3,8H,2,4-7H2,(H2,13,16)(H,14,15). The number of thiocarbonyl (C=S) groups is 1. The van der Waals surface area contributed by atoms with Gasteiger partial charge in [0, 0.05) is 11.4 Å². The summed E-state index contributed by atoms with van der Waals surface area (Å²) in [5.41, 5.74) is 5.12. The van der Waals surface area contributed by atoms with Crippen molar-refractivity contribution in [1.82, 2.24) is 5.32 Å². The molecule has 1 heterocycles. The van der Waals surface area contributed by atoms with Crippen LogP contribution in [-0.4, -0.2) is 17.4 Å². The van der Waals surface area contributed by atoms with Crippen molar-refractivity contribution in [2.24, 2.45) is 11.1 Å². The van der Waals surface area contributed by atoms with Crippen LogP contribution in [0.25, 0.3) is 0 Å². The van der Waals surface area contributed by atoms with Gasteiger partial charge in [-0.1, -0.05) is 24.7 Å². The summed E-state index contributed by atoms with van der Waals surface area (Å²) >= 11 is 6.71. The number of rotatable bonds is 5. The van der Waals surface area contributed by atoms with Crippen LogP contribution in [0.1, 0.15) is 24.1 Å². The second kappa shape index (κ2) is 5.14. The fraction of sp³-hybridized carbons (Fsp3) is 0.500. The molecule has 3 nitrogen and oxygen atoms in total. The van der Waals surface area contributed by atoms with Crippen molar-refractivity contribution in [1.29, 1.82) is 0 Å². The Morgan fingerprint density at radius 3 is 2.82 bits per heavy atom. The van der Waals surface area contributed by atoms with E-state index in [4.69, 9.17) is 18.0 Å². The average molecular weight is 268 g/mol. The van der Waals surface area contributed by atoms with E-state index >= 15 is 0 Å². The zero-order valence-corrected chi connectivity index (χ0v) is 11.2. The van der Waals surface area contributed by atoms with E-state index in [9.17, 15) is 4.79 Å². The van der Waals surface area contributed by atoms with Gasteiger partial charge in [0.2, 0.25) is 5.91 Å². The molecule has 1 aliphatic rings.